The Morgan fingerprint density at radius 3 is 1.46 bits per heavy atom. The molecule has 0 radical (unpaired) electrons. The largest absolute Gasteiger partial charge is 0.481 e. The maximum atomic E-state index is 10.8. The van der Waals surface area contributed by atoms with Gasteiger partial charge in [-0.15, -0.1) is 0 Å². The molecular weight excluding hydrogens is 826 g/mol. The number of nitrogens with one attached hydrogen (secondary N) is 1. The van der Waals surface area contributed by atoms with Gasteiger partial charge in [0.1, 0.15) is 12.1 Å². The zero-order valence-corrected chi connectivity index (χ0v) is 33.3. The van der Waals surface area contributed by atoms with Crippen LogP contribution in [-0.4, -0.2) is 129 Å². The number of Topliss-reactive ketones (excluding diaryl/α,β-unsaturated/α-hetero) is 1. The van der Waals surface area contributed by atoms with Crippen molar-refractivity contribution in [2.24, 2.45) is 29.6 Å². The number of ketones is 1. The number of aldehydes is 1. The summed E-state index contributed by atoms with van der Waals surface area (Å²) in [4.78, 5) is 125. The van der Waals surface area contributed by atoms with Gasteiger partial charge in [0.25, 0.3) is 0 Å². The number of aliphatic hydroxyl groups is 2. The van der Waals surface area contributed by atoms with Crippen molar-refractivity contribution in [1.82, 2.24) is 5.48 Å². The highest BCUT2D eigenvalue weighted by Gasteiger charge is 2.33. The average molecular weight is 882 g/mol. The highest BCUT2D eigenvalue weighted by molar-refractivity contribution is 5.94. The van der Waals surface area contributed by atoms with E-state index in [1.165, 1.54) is 12.4 Å². The highest BCUT2D eigenvalue weighted by Crippen LogP contribution is 2.21. The Balaban J connectivity index is -0.000000695. The van der Waals surface area contributed by atoms with Crippen LogP contribution in [0.3, 0.4) is 0 Å². The molecule has 5 atom stereocenters. The summed E-state index contributed by atoms with van der Waals surface area (Å²) in [6.45, 7) is 1.29. The summed E-state index contributed by atoms with van der Waals surface area (Å²) < 4.78 is 4.24. The molecule has 61 heavy (non-hydrogen) atoms. The van der Waals surface area contributed by atoms with Gasteiger partial charge in [-0.3, -0.25) is 53.2 Å². The van der Waals surface area contributed by atoms with Crippen LogP contribution in [0.25, 0.3) is 0 Å². The summed E-state index contributed by atoms with van der Waals surface area (Å²) in [6.07, 6.45) is 5.54. The number of carbonyl (C=O) groups excluding carboxylic acids is 5. The maximum absolute atomic E-state index is 10.8. The monoisotopic (exact) mass is 881 g/mol. The molecule has 1 fully saturated rings. The minimum Gasteiger partial charge on any atom is -0.481 e. The van der Waals surface area contributed by atoms with Crippen LogP contribution in [0.1, 0.15) is 110 Å². The topological polar surface area (TPSA) is 428 Å². The summed E-state index contributed by atoms with van der Waals surface area (Å²) >= 11 is 0. The molecule has 0 saturated carbocycles. The van der Waals surface area contributed by atoms with Gasteiger partial charge in [0.15, 0.2) is 6.29 Å². The number of carbonyl (C=O) groups is 12. The van der Waals surface area contributed by atoms with Gasteiger partial charge in [-0.25, -0.2) is 5.48 Å². The molecule has 24 nitrogen and oxygen atoms in total. The number of hydroxylamine groups is 1. The summed E-state index contributed by atoms with van der Waals surface area (Å²) in [6, 6.07) is 0. The van der Waals surface area contributed by atoms with Crippen molar-refractivity contribution in [3.8, 4) is 0 Å². The molecule has 2 rings (SSSR count). The summed E-state index contributed by atoms with van der Waals surface area (Å²) in [7, 11) is 0. The lowest BCUT2D eigenvalue weighted by molar-refractivity contribution is -0.153. The van der Waals surface area contributed by atoms with Crippen LogP contribution in [0.2, 0.25) is 0 Å². The van der Waals surface area contributed by atoms with E-state index in [0.717, 1.165) is 25.5 Å². The van der Waals surface area contributed by atoms with E-state index in [1.54, 1.807) is 0 Å². The number of allylic oxidation sites excluding steroid dienone is 2. The van der Waals surface area contributed by atoms with E-state index >= 15 is 0 Å². The Morgan fingerprint density at radius 1 is 0.689 bits per heavy atom. The zero-order valence-electron chi connectivity index (χ0n) is 33.3. The van der Waals surface area contributed by atoms with Gasteiger partial charge in [-0.1, -0.05) is 12.2 Å². The van der Waals surface area contributed by atoms with Crippen LogP contribution in [-0.2, 0) is 62.3 Å². The molecule has 11 N–H and O–H groups in total. The molecule has 0 aromatic rings. The Hall–Kier alpha value is -6.14. The van der Waals surface area contributed by atoms with Gasteiger partial charge in [0, 0.05) is 44.4 Å². The number of rotatable bonds is 23. The first-order valence-corrected chi connectivity index (χ1v) is 18.5. The Morgan fingerprint density at radius 2 is 1.15 bits per heavy atom. The van der Waals surface area contributed by atoms with E-state index in [9.17, 15) is 57.5 Å². The Labute approximate surface area is 348 Å². The van der Waals surface area contributed by atoms with E-state index in [-0.39, 0.29) is 82.8 Å². The second kappa shape index (κ2) is 34.7. The van der Waals surface area contributed by atoms with E-state index in [4.69, 9.17) is 51.2 Å². The van der Waals surface area contributed by atoms with Crippen LogP contribution in [0.15, 0.2) is 12.2 Å². The smallest absolute Gasteiger partial charge is 0.317 e. The van der Waals surface area contributed by atoms with Gasteiger partial charge in [-0.05, 0) is 64.7 Å². The first kappa shape index (κ1) is 59.2. The van der Waals surface area contributed by atoms with Crippen LogP contribution < -0.4 is 5.48 Å². The molecule has 346 valence electrons. The molecule has 2 aliphatic rings. The molecule has 1 amide bonds. The Kier molecular flexibility index (Phi) is 33.7. The first-order chi connectivity index (χ1) is 28.4. The molecule has 24 heteroatoms. The molecule has 1 saturated heterocycles. The van der Waals surface area contributed by atoms with Crippen molar-refractivity contribution in [1.29, 1.82) is 0 Å². The minimum atomic E-state index is -1.54. The number of carboxylic acid groups (broad SMARTS) is 7. The molecule has 0 bridgehead atoms. The third-order valence-corrected chi connectivity index (χ3v) is 8.20. The standard InChI is InChI=1S/C8H14O6.C8H12O5.C7H11NO6.C7H8O5.C7H10O/c9-6(10)3-1-5(8(13)14)2-4-7(11)12;1-5(9)4-6(8(12)13)2-3-7(10)11;9-5(8-14)3-4(7(12)13)1-2-6(10)11;8-5(9)2-1-4-3-6(10)12-7(4)11;8-6-7-4-2-1-3-5-7/h5-6,9-10H,1-4H2,(H,11,12)(H,13,14);6H,2-4H2,1H3,(H,10,11)(H,12,13);4,14H,1-3H2,(H,8,9)(H,10,11)(H,12,13);4H,1-3H2,(H,8,9);1-2,6-7H,3-5H2. The zero-order chi connectivity index (χ0) is 47.7. The van der Waals surface area contributed by atoms with Crippen LogP contribution in [0, 0.1) is 29.6 Å². The third-order valence-electron chi connectivity index (χ3n) is 8.20. The highest BCUT2D eigenvalue weighted by atomic mass is 16.6. The number of amides is 1. The molecular formula is C37H55NO23. The normalized spacial score (nSPS) is 16.3. The number of esters is 2. The van der Waals surface area contributed by atoms with Gasteiger partial charge in [-0.2, -0.15) is 0 Å². The lowest BCUT2D eigenvalue weighted by atomic mass is 9.96. The lowest BCUT2D eigenvalue weighted by Gasteiger charge is -2.11. The average Bonchev–Trinajstić information content (AvgIpc) is 3.50. The van der Waals surface area contributed by atoms with E-state index in [2.05, 4.69) is 16.9 Å². The summed E-state index contributed by atoms with van der Waals surface area (Å²) in [5.41, 5.74) is 1.29. The number of hydrogen-bond donors (Lipinski definition) is 11. The number of carboxylic acids is 7. The fraction of sp³-hybridized carbons (Fsp3) is 0.622. The van der Waals surface area contributed by atoms with Gasteiger partial charge < -0.3 is 60.3 Å². The molecule has 0 aromatic heterocycles. The van der Waals surface area contributed by atoms with Crippen molar-refractivity contribution in [2.45, 2.75) is 116 Å². The number of cyclic esters (lactones) is 2. The van der Waals surface area contributed by atoms with Gasteiger partial charge in [0.2, 0.25) is 5.91 Å². The number of ether oxygens (including phenoxy) is 1. The Bertz CT molecular complexity index is 1500. The van der Waals surface area contributed by atoms with Crippen molar-refractivity contribution >= 4 is 71.7 Å². The van der Waals surface area contributed by atoms with Crippen LogP contribution >= 0.6 is 0 Å². The molecule has 0 aromatic carbocycles. The second-order valence-electron chi connectivity index (χ2n) is 13.4. The SMILES string of the molecule is CC(=O)CC(CCC(=O)O)C(=O)O.O=C(O)CCC(CC(=O)NO)C(=O)O.O=C(O)CCC(CCC(O)O)C(=O)O.O=C(O)CCC1CC(=O)OC1=O.O=CC1CC=CCC1. The number of aliphatic hydroxyl groups excluding tert-OH is 1. The molecule has 1 heterocycles. The summed E-state index contributed by atoms with van der Waals surface area (Å²) in [5.74, 6) is -12.9. The van der Waals surface area contributed by atoms with Crippen molar-refractivity contribution in [3.63, 3.8) is 0 Å². The third kappa shape index (κ3) is 36.7. The van der Waals surface area contributed by atoms with E-state index < -0.39 is 96.0 Å². The molecule has 1 aliphatic carbocycles. The quantitative estimate of drug-likeness (QED) is 0.0130. The predicted octanol–water partition coefficient (Wildman–Crippen LogP) is 1.10. The number of hydrogen-bond acceptors (Lipinski definition) is 16. The molecule has 0 spiro atoms. The maximum Gasteiger partial charge on any atom is 0.317 e. The van der Waals surface area contributed by atoms with Gasteiger partial charge in [0.05, 0.1) is 30.1 Å². The number of aliphatic carboxylic acids is 7. The van der Waals surface area contributed by atoms with Crippen LogP contribution in [0.4, 0.5) is 0 Å². The van der Waals surface area contributed by atoms with E-state index in [0.29, 0.717) is 5.92 Å². The van der Waals surface area contributed by atoms with E-state index in [1.807, 2.05) is 0 Å². The van der Waals surface area contributed by atoms with Crippen molar-refractivity contribution in [2.75, 3.05) is 0 Å². The lowest BCUT2D eigenvalue weighted by Crippen LogP contribution is -2.26. The fourth-order valence-corrected chi connectivity index (χ4v) is 4.86. The fourth-order valence-electron chi connectivity index (χ4n) is 4.86. The minimum absolute atomic E-state index is 0.00421. The molecule has 1 aliphatic heterocycles. The second-order valence-corrected chi connectivity index (χ2v) is 13.4. The van der Waals surface area contributed by atoms with Gasteiger partial charge >= 0.3 is 53.7 Å². The predicted molar refractivity (Wildman–Crippen MR) is 200 cm³/mol. The summed E-state index contributed by atoms with van der Waals surface area (Å²) in [5, 5.41) is 84.2. The first-order valence-electron chi connectivity index (χ1n) is 18.5. The van der Waals surface area contributed by atoms with Crippen molar-refractivity contribution in [3.05, 3.63) is 12.2 Å². The van der Waals surface area contributed by atoms with Crippen molar-refractivity contribution < 1.29 is 113 Å². The van der Waals surface area contributed by atoms with Crippen LogP contribution in [0.5, 0.6) is 0 Å². The molecule has 5 unspecified atom stereocenters.